The van der Waals surface area contributed by atoms with E-state index in [1.54, 1.807) is 0 Å². The average molecular weight is 251 g/mol. The second kappa shape index (κ2) is 5.98. The van der Waals surface area contributed by atoms with E-state index in [0.717, 1.165) is 25.8 Å². The molecule has 0 spiro atoms. The van der Waals surface area contributed by atoms with Gasteiger partial charge in [-0.05, 0) is 19.3 Å². The predicted molar refractivity (Wildman–Crippen MR) is 69.1 cm³/mol. The van der Waals surface area contributed by atoms with Crippen LogP contribution in [0.25, 0.3) is 0 Å². The third-order valence-electron chi connectivity index (χ3n) is 3.76. The molecule has 2 aliphatic rings. The SMILES string of the molecule is CCC1CCCCCN1C(=O)C1=NNC(=O)CC1. The first-order valence-corrected chi connectivity index (χ1v) is 6.88. The van der Waals surface area contributed by atoms with Gasteiger partial charge in [0.15, 0.2) is 0 Å². The van der Waals surface area contributed by atoms with Crippen molar-refractivity contribution < 1.29 is 9.59 Å². The first kappa shape index (κ1) is 13.1. The third kappa shape index (κ3) is 2.89. The van der Waals surface area contributed by atoms with Crippen molar-refractivity contribution in [3.63, 3.8) is 0 Å². The van der Waals surface area contributed by atoms with Gasteiger partial charge in [-0.2, -0.15) is 5.10 Å². The van der Waals surface area contributed by atoms with Crippen molar-refractivity contribution in [3.8, 4) is 0 Å². The summed E-state index contributed by atoms with van der Waals surface area (Å²) in [5.41, 5.74) is 2.91. The molecule has 100 valence electrons. The van der Waals surface area contributed by atoms with E-state index in [0.29, 0.717) is 24.6 Å². The maximum atomic E-state index is 12.4. The van der Waals surface area contributed by atoms with Gasteiger partial charge in [0.2, 0.25) is 5.91 Å². The maximum Gasteiger partial charge on any atom is 0.270 e. The number of nitrogens with one attached hydrogen (secondary N) is 1. The van der Waals surface area contributed by atoms with Crippen molar-refractivity contribution in [2.24, 2.45) is 5.10 Å². The van der Waals surface area contributed by atoms with Crippen LogP contribution < -0.4 is 5.43 Å². The van der Waals surface area contributed by atoms with Crippen molar-refractivity contribution in [2.45, 2.75) is 57.9 Å². The monoisotopic (exact) mass is 251 g/mol. The molecular formula is C13H21N3O2. The van der Waals surface area contributed by atoms with E-state index < -0.39 is 0 Å². The van der Waals surface area contributed by atoms with Gasteiger partial charge in [-0.3, -0.25) is 9.59 Å². The minimum atomic E-state index is -0.102. The van der Waals surface area contributed by atoms with E-state index >= 15 is 0 Å². The summed E-state index contributed by atoms with van der Waals surface area (Å²) in [4.78, 5) is 25.4. The zero-order valence-electron chi connectivity index (χ0n) is 10.9. The lowest BCUT2D eigenvalue weighted by Crippen LogP contribution is -2.45. The summed E-state index contributed by atoms with van der Waals surface area (Å²) in [7, 11) is 0. The molecule has 0 bridgehead atoms. The highest BCUT2D eigenvalue weighted by Gasteiger charge is 2.28. The van der Waals surface area contributed by atoms with Crippen LogP contribution in [0.3, 0.4) is 0 Å². The van der Waals surface area contributed by atoms with Crippen molar-refractivity contribution in [2.75, 3.05) is 6.54 Å². The maximum absolute atomic E-state index is 12.4. The lowest BCUT2D eigenvalue weighted by Gasteiger charge is -2.30. The number of carbonyl (C=O) groups excluding carboxylic acids is 2. The standard InChI is InChI=1S/C13H21N3O2/c1-2-10-6-4-3-5-9-16(10)13(18)11-7-8-12(17)15-14-11/h10H,2-9H2,1H3,(H,15,17). The number of hydrogen-bond donors (Lipinski definition) is 1. The van der Waals surface area contributed by atoms with Gasteiger partial charge >= 0.3 is 0 Å². The molecule has 0 aromatic heterocycles. The fraction of sp³-hybridized carbons (Fsp3) is 0.769. The molecule has 1 unspecified atom stereocenters. The van der Waals surface area contributed by atoms with Gasteiger partial charge < -0.3 is 4.90 Å². The normalized spacial score (nSPS) is 25.2. The molecule has 1 saturated heterocycles. The molecule has 2 rings (SSSR count). The molecule has 1 N–H and O–H groups in total. The Morgan fingerprint density at radius 3 is 2.89 bits per heavy atom. The van der Waals surface area contributed by atoms with Crippen molar-refractivity contribution >= 4 is 17.5 Å². The molecule has 0 aromatic rings. The van der Waals surface area contributed by atoms with Crippen molar-refractivity contribution in [1.82, 2.24) is 10.3 Å². The second-order valence-corrected chi connectivity index (χ2v) is 5.00. The number of amides is 2. The zero-order valence-corrected chi connectivity index (χ0v) is 10.9. The molecular weight excluding hydrogens is 230 g/mol. The minimum absolute atomic E-state index is 0.0174. The van der Waals surface area contributed by atoms with Crippen LogP contribution in [0, 0.1) is 0 Å². The molecule has 0 aromatic carbocycles. The van der Waals surface area contributed by atoms with Gasteiger partial charge in [-0.1, -0.05) is 19.8 Å². The first-order valence-electron chi connectivity index (χ1n) is 6.88. The number of hydrazone groups is 1. The smallest absolute Gasteiger partial charge is 0.270 e. The summed E-state index contributed by atoms with van der Waals surface area (Å²) in [6.07, 6.45) is 6.39. The number of likely N-dealkylation sites (tertiary alicyclic amines) is 1. The second-order valence-electron chi connectivity index (χ2n) is 5.00. The summed E-state index contributed by atoms with van der Waals surface area (Å²) in [5.74, 6) is -0.0850. The molecule has 0 aliphatic carbocycles. The predicted octanol–water partition coefficient (Wildman–Crippen LogP) is 1.43. The van der Waals surface area contributed by atoms with Gasteiger partial charge in [0.25, 0.3) is 5.91 Å². The summed E-state index contributed by atoms with van der Waals surface area (Å²) in [6, 6.07) is 0.334. The molecule has 0 radical (unpaired) electrons. The number of carbonyl (C=O) groups is 2. The highest BCUT2D eigenvalue weighted by molar-refractivity contribution is 6.39. The molecule has 2 heterocycles. The Bertz CT molecular complexity index is 365. The molecule has 5 nitrogen and oxygen atoms in total. The van der Waals surface area contributed by atoms with E-state index in [1.165, 1.54) is 12.8 Å². The van der Waals surface area contributed by atoms with E-state index in [9.17, 15) is 9.59 Å². The van der Waals surface area contributed by atoms with Crippen LogP contribution >= 0.6 is 0 Å². The van der Waals surface area contributed by atoms with Gasteiger partial charge in [-0.25, -0.2) is 5.43 Å². The topological polar surface area (TPSA) is 61.8 Å². The largest absolute Gasteiger partial charge is 0.335 e. The van der Waals surface area contributed by atoms with Crippen LogP contribution in [0.5, 0.6) is 0 Å². The highest BCUT2D eigenvalue weighted by Crippen LogP contribution is 2.20. The summed E-state index contributed by atoms with van der Waals surface area (Å²) < 4.78 is 0. The van der Waals surface area contributed by atoms with E-state index in [1.807, 2.05) is 4.90 Å². The molecule has 18 heavy (non-hydrogen) atoms. The van der Waals surface area contributed by atoms with Crippen LogP contribution in [0.1, 0.15) is 51.9 Å². The lowest BCUT2D eigenvalue weighted by molar-refractivity contribution is -0.126. The Kier molecular flexibility index (Phi) is 4.33. The van der Waals surface area contributed by atoms with Crippen LogP contribution in [-0.4, -0.2) is 35.0 Å². The number of nitrogens with zero attached hydrogens (tertiary/aromatic N) is 2. The summed E-state index contributed by atoms with van der Waals surface area (Å²) in [6.45, 7) is 2.95. The lowest BCUT2D eigenvalue weighted by atomic mass is 10.1. The van der Waals surface area contributed by atoms with Crippen LogP contribution in [0.2, 0.25) is 0 Å². The van der Waals surface area contributed by atoms with Gasteiger partial charge in [0.05, 0.1) is 0 Å². The molecule has 5 heteroatoms. The zero-order chi connectivity index (χ0) is 13.0. The average Bonchev–Trinajstić information content (AvgIpc) is 2.63. The summed E-state index contributed by atoms with van der Waals surface area (Å²) >= 11 is 0. The Morgan fingerprint density at radius 2 is 2.22 bits per heavy atom. The highest BCUT2D eigenvalue weighted by atomic mass is 16.2. The molecule has 2 amide bonds. The fourth-order valence-electron chi connectivity index (χ4n) is 2.66. The van der Waals surface area contributed by atoms with Crippen LogP contribution in [0.4, 0.5) is 0 Å². The van der Waals surface area contributed by atoms with E-state index in [2.05, 4.69) is 17.5 Å². The van der Waals surface area contributed by atoms with Crippen molar-refractivity contribution in [3.05, 3.63) is 0 Å². The van der Waals surface area contributed by atoms with E-state index in [4.69, 9.17) is 0 Å². The van der Waals surface area contributed by atoms with E-state index in [-0.39, 0.29) is 11.8 Å². The Balaban J connectivity index is 2.08. The van der Waals surface area contributed by atoms with Gasteiger partial charge in [-0.15, -0.1) is 0 Å². The number of hydrogen-bond acceptors (Lipinski definition) is 3. The summed E-state index contributed by atoms with van der Waals surface area (Å²) in [5, 5.41) is 3.91. The Morgan fingerprint density at radius 1 is 1.39 bits per heavy atom. The number of rotatable bonds is 2. The third-order valence-corrected chi connectivity index (χ3v) is 3.76. The van der Waals surface area contributed by atoms with Crippen LogP contribution in [-0.2, 0) is 9.59 Å². The molecule has 1 atom stereocenters. The molecule has 2 aliphatic heterocycles. The quantitative estimate of drug-likeness (QED) is 0.807. The Hall–Kier alpha value is -1.39. The Labute approximate surface area is 108 Å². The molecule has 0 saturated carbocycles. The van der Waals surface area contributed by atoms with Gasteiger partial charge in [0.1, 0.15) is 5.71 Å². The van der Waals surface area contributed by atoms with Crippen LogP contribution in [0.15, 0.2) is 5.10 Å². The molecule has 1 fully saturated rings. The van der Waals surface area contributed by atoms with Gasteiger partial charge in [0, 0.05) is 25.4 Å². The van der Waals surface area contributed by atoms with Crippen molar-refractivity contribution in [1.29, 1.82) is 0 Å². The fourth-order valence-corrected chi connectivity index (χ4v) is 2.66. The minimum Gasteiger partial charge on any atom is -0.335 e. The first-order chi connectivity index (χ1) is 8.72.